The molecule has 0 aromatic heterocycles. The van der Waals surface area contributed by atoms with Crippen LogP contribution in [0.15, 0.2) is 58.7 Å². The van der Waals surface area contributed by atoms with E-state index in [0.717, 1.165) is 0 Å². The van der Waals surface area contributed by atoms with Gasteiger partial charge in [-0.1, -0.05) is 24.3 Å². The second-order valence-electron chi connectivity index (χ2n) is 5.90. The van der Waals surface area contributed by atoms with E-state index in [1.54, 1.807) is 24.3 Å². The van der Waals surface area contributed by atoms with Gasteiger partial charge in [0, 0.05) is 12.8 Å². The Hall–Kier alpha value is -3.42. The Balaban J connectivity index is 1.57. The minimum atomic E-state index is -0.341. The van der Waals surface area contributed by atoms with Crippen molar-refractivity contribution in [1.29, 1.82) is 0 Å². The summed E-state index contributed by atoms with van der Waals surface area (Å²) >= 11 is 0. The van der Waals surface area contributed by atoms with Crippen LogP contribution in [0.1, 0.15) is 36.8 Å². The summed E-state index contributed by atoms with van der Waals surface area (Å²) in [7, 11) is 0. The van der Waals surface area contributed by atoms with Gasteiger partial charge in [0.15, 0.2) is 0 Å². The Morgan fingerprint density at radius 3 is 1.43 bits per heavy atom. The number of amides is 2. The van der Waals surface area contributed by atoms with Gasteiger partial charge in [0.05, 0.1) is 12.4 Å². The first-order chi connectivity index (χ1) is 13.5. The van der Waals surface area contributed by atoms with Crippen molar-refractivity contribution in [2.75, 3.05) is 0 Å². The summed E-state index contributed by atoms with van der Waals surface area (Å²) in [5, 5.41) is 7.58. The fourth-order valence-corrected chi connectivity index (χ4v) is 2.14. The number of halogens is 2. The molecule has 146 valence electrons. The van der Waals surface area contributed by atoms with Gasteiger partial charge in [0.2, 0.25) is 11.8 Å². The third kappa shape index (κ3) is 8.31. The maximum Gasteiger partial charge on any atom is 0.240 e. The Morgan fingerprint density at radius 1 is 0.714 bits per heavy atom. The average Bonchev–Trinajstić information content (AvgIpc) is 2.68. The van der Waals surface area contributed by atoms with Crippen LogP contribution in [0.2, 0.25) is 0 Å². The van der Waals surface area contributed by atoms with Gasteiger partial charge in [0.25, 0.3) is 0 Å². The first kappa shape index (κ1) is 20.9. The third-order valence-electron chi connectivity index (χ3n) is 3.60. The van der Waals surface area contributed by atoms with Crippen molar-refractivity contribution in [3.05, 3.63) is 71.3 Å². The predicted molar refractivity (Wildman–Crippen MR) is 103 cm³/mol. The van der Waals surface area contributed by atoms with Crippen molar-refractivity contribution in [1.82, 2.24) is 10.9 Å². The van der Waals surface area contributed by atoms with Gasteiger partial charge in [0.1, 0.15) is 11.6 Å². The Labute approximate surface area is 161 Å². The van der Waals surface area contributed by atoms with E-state index in [2.05, 4.69) is 21.1 Å². The summed E-state index contributed by atoms with van der Waals surface area (Å²) in [4.78, 5) is 23.3. The smallest absolute Gasteiger partial charge is 0.240 e. The molecule has 0 aliphatic heterocycles. The van der Waals surface area contributed by atoms with Crippen LogP contribution in [0.5, 0.6) is 0 Å². The Morgan fingerprint density at radius 2 is 1.07 bits per heavy atom. The first-order valence-electron chi connectivity index (χ1n) is 8.68. The summed E-state index contributed by atoms with van der Waals surface area (Å²) in [6, 6.07) is 11.4. The molecule has 0 saturated carbocycles. The number of carbonyl (C=O) groups is 2. The van der Waals surface area contributed by atoms with E-state index in [9.17, 15) is 18.4 Å². The highest BCUT2D eigenvalue weighted by molar-refractivity contribution is 5.83. The normalized spacial score (nSPS) is 11.1. The zero-order valence-corrected chi connectivity index (χ0v) is 15.1. The van der Waals surface area contributed by atoms with Crippen molar-refractivity contribution in [3.63, 3.8) is 0 Å². The lowest BCUT2D eigenvalue weighted by Gasteiger charge is -2.01. The molecule has 0 fully saturated rings. The van der Waals surface area contributed by atoms with E-state index < -0.39 is 0 Å². The number of hydrogen-bond acceptors (Lipinski definition) is 4. The quantitative estimate of drug-likeness (QED) is 0.394. The fourth-order valence-electron chi connectivity index (χ4n) is 2.14. The molecule has 6 nitrogen and oxygen atoms in total. The molecule has 2 amide bonds. The lowest BCUT2D eigenvalue weighted by Crippen LogP contribution is -2.19. The second kappa shape index (κ2) is 11.3. The zero-order valence-electron chi connectivity index (χ0n) is 15.1. The van der Waals surface area contributed by atoms with Crippen molar-refractivity contribution >= 4 is 24.2 Å². The van der Waals surface area contributed by atoms with Gasteiger partial charge in [-0.05, 0) is 48.2 Å². The van der Waals surface area contributed by atoms with Crippen LogP contribution in [0.3, 0.4) is 0 Å². The topological polar surface area (TPSA) is 82.9 Å². The number of nitrogens with one attached hydrogen (secondary N) is 2. The van der Waals surface area contributed by atoms with Crippen LogP contribution in [0.4, 0.5) is 8.78 Å². The number of hydrogen-bond donors (Lipinski definition) is 2. The Kier molecular flexibility index (Phi) is 8.45. The van der Waals surface area contributed by atoms with Crippen molar-refractivity contribution < 1.29 is 18.4 Å². The van der Waals surface area contributed by atoms with Gasteiger partial charge < -0.3 is 0 Å². The molecule has 8 heteroatoms. The van der Waals surface area contributed by atoms with Crippen molar-refractivity contribution in [2.45, 2.75) is 25.7 Å². The lowest BCUT2D eigenvalue weighted by molar-refractivity contribution is -0.123. The largest absolute Gasteiger partial charge is 0.273 e. The van der Waals surface area contributed by atoms with Crippen molar-refractivity contribution in [3.8, 4) is 0 Å². The predicted octanol–water partition coefficient (Wildman–Crippen LogP) is 3.13. The van der Waals surface area contributed by atoms with Gasteiger partial charge in [-0.15, -0.1) is 0 Å². The molecule has 0 spiro atoms. The molecular formula is C20H20F2N4O2. The molecule has 0 radical (unpaired) electrons. The molecule has 0 unspecified atom stereocenters. The van der Waals surface area contributed by atoms with Gasteiger partial charge in [-0.2, -0.15) is 10.2 Å². The van der Waals surface area contributed by atoms with Crippen LogP contribution in [0, 0.1) is 11.6 Å². The highest BCUT2D eigenvalue weighted by Crippen LogP contribution is 2.02. The highest BCUT2D eigenvalue weighted by Gasteiger charge is 2.03. The zero-order chi connectivity index (χ0) is 20.2. The van der Waals surface area contributed by atoms with E-state index in [1.165, 1.54) is 36.7 Å². The van der Waals surface area contributed by atoms with Crippen LogP contribution in [-0.4, -0.2) is 24.2 Å². The molecule has 0 heterocycles. The van der Waals surface area contributed by atoms with Crippen molar-refractivity contribution in [2.24, 2.45) is 10.2 Å². The van der Waals surface area contributed by atoms with Crippen LogP contribution >= 0.6 is 0 Å². The molecular weight excluding hydrogens is 366 g/mol. The molecule has 2 aromatic rings. The summed E-state index contributed by atoms with van der Waals surface area (Å²) in [5.74, 6) is -1.22. The number of hydrazone groups is 2. The molecule has 2 N–H and O–H groups in total. The summed E-state index contributed by atoms with van der Waals surface area (Å²) < 4.78 is 25.5. The standard InChI is InChI=1S/C20H20F2N4O2/c21-17-9-5-15(6-10-17)13-23-25-19(27)3-1-2-4-20(28)26-24-14-16-7-11-18(22)12-8-16/h5-14H,1-4H2,(H,25,27)(H,26,28)/b23-13-,24-14+. The van der Waals surface area contributed by atoms with Crippen LogP contribution in [-0.2, 0) is 9.59 Å². The number of benzene rings is 2. The van der Waals surface area contributed by atoms with Crippen LogP contribution in [0.25, 0.3) is 0 Å². The molecule has 0 aliphatic carbocycles. The summed E-state index contributed by atoms with van der Waals surface area (Å²) in [6.45, 7) is 0. The molecule has 28 heavy (non-hydrogen) atoms. The fraction of sp³-hybridized carbons (Fsp3) is 0.200. The van der Waals surface area contributed by atoms with E-state index >= 15 is 0 Å². The van der Waals surface area contributed by atoms with E-state index in [4.69, 9.17) is 0 Å². The molecule has 2 aromatic carbocycles. The molecule has 0 atom stereocenters. The highest BCUT2D eigenvalue weighted by atomic mass is 19.1. The Bertz CT molecular complexity index is 763. The third-order valence-corrected chi connectivity index (χ3v) is 3.60. The number of rotatable bonds is 9. The minimum absolute atomic E-state index is 0.229. The minimum Gasteiger partial charge on any atom is -0.273 e. The van der Waals surface area contributed by atoms with Gasteiger partial charge in [-0.25, -0.2) is 19.6 Å². The van der Waals surface area contributed by atoms with Gasteiger partial charge in [-0.3, -0.25) is 9.59 Å². The maximum atomic E-state index is 12.8. The number of carbonyl (C=O) groups excluding carboxylic acids is 2. The monoisotopic (exact) mass is 386 g/mol. The SMILES string of the molecule is O=C(CCCCC(=O)N/N=C/c1ccc(F)cc1)N/N=C\c1ccc(F)cc1. The molecule has 0 saturated heterocycles. The molecule has 2 rings (SSSR count). The number of unbranched alkanes of at least 4 members (excludes halogenated alkanes) is 1. The maximum absolute atomic E-state index is 12.8. The molecule has 0 aliphatic rings. The average molecular weight is 386 g/mol. The number of nitrogens with zero attached hydrogens (tertiary/aromatic N) is 2. The summed E-state index contributed by atoms with van der Waals surface area (Å²) in [5.41, 5.74) is 6.09. The van der Waals surface area contributed by atoms with E-state index in [1.807, 2.05) is 0 Å². The van der Waals surface area contributed by atoms with E-state index in [0.29, 0.717) is 24.0 Å². The molecule has 0 bridgehead atoms. The van der Waals surface area contributed by atoms with E-state index in [-0.39, 0.29) is 36.3 Å². The summed E-state index contributed by atoms with van der Waals surface area (Å²) in [6.07, 6.45) is 4.34. The van der Waals surface area contributed by atoms with Crippen LogP contribution < -0.4 is 10.9 Å². The van der Waals surface area contributed by atoms with Gasteiger partial charge >= 0.3 is 0 Å². The lowest BCUT2D eigenvalue weighted by atomic mass is 10.2. The second-order valence-corrected chi connectivity index (χ2v) is 5.90. The first-order valence-corrected chi connectivity index (χ1v) is 8.68.